The Bertz CT molecular complexity index is 800. The maximum atomic E-state index is 12.8. The molecule has 3 amide bonds. The first-order valence-electron chi connectivity index (χ1n) is 8.97. The number of amides is 3. The molecule has 0 saturated heterocycles. The van der Waals surface area contributed by atoms with Gasteiger partial charge >= 0.3 is 6.03 Å². The van der Waals surface area contributed by atoms with Gasteiger partial charge in [0, 0.05) is 19.0 Å². The number of nitrogens with one attached hydrogen (secondary N) is 3. The van der Waals surface area contributed by atoms with Gasteiger partial charge in [-0.15, -0.1) is 0 Å². The van der Waals surface area contributed by atoms with Crippen LogP contribution in [0.25, 0.3) is 0 Å². The van der Waals surface area contributed by atoms with Crippen molar-refractivity contribution in [1.82, 2.24) is 25.5 Å². The molecular formula is C19H25N5O3. The zero-order valence-electron chi connectivity index (χ0n) is 15.8. The van der Waals surface area contributed by atoms with E-state index in [2.05, 4.69) is 20.6 Å². The Labute approximate surface area is 158 Å². The highest BCUT2D eigenvalue weighted by atomic mass is 16.5. The van der Waals surface area contributed by atoms with Crippen molar-refractivity contribution in [1.29, 1.82) is 0 Å². The van der Waals surface area contributed by atoms with Crippen LogP contribution in [-0.2, 0) is 24.3 Å². The lowest BCUT2D eigenvalue weighted by Crippen LogP contribution is -2.56. The number of ether oxygens (including phenoxy) is 1. The molecule has 8 heteroatoms. The second-order valence-electron chi connectivity index (χ2n) is 6.85. The summed E-state index contributed by atoms with van der Waals surface area (Å²) in [6.07, 6.45) is 1.99. The van der Waals surface area contributed by atoms with Crippen molar-refractivity contribution in [2.24, 2.45) is 0 Å². The summed E-state index contributed by atoms with van der Waals surface area (Å²) in [5.74, 6) is 0.568. The number of carbonyl (C=O) groups excluding carboxylic acids is 2. The number of urea groups is 1. The lowest BCUT2D eigenvalue weighted by molar-refractivity contribution is -0.126. The summed E-state index contributed by atoms with van der Waals surface area (Å²) in [7, 11) is 1.61. The lowest BCUT2D eigenvalue weighted by Gasteiger charge is -2.34. The van der Waals surface area contributed by atoms with Crippen LogP contribution in [0.1, 0.15) is 30.8 Å². The zero-order chi connectivity index (χ0) is 19.4. The first kappa shape index (κ1) is 18.8. The van der Waals surface area contributed by atoms with Crippen molar-refractivity contribution in [2.45, 2.75) is 45.4 Å². The van der Waals surface area contributed by atoms with E-state index in [1.807, 2.05) is 38.1 Å². The van der Waals surface area contributed by atoms with E-state index in [0.717, 1.165) is 22.7 Å². The largest absolute Gasteiger partial charge is 0.497 e. The molecule has 0 radical (unpaired) electrons. The molecule has 0 aliphatic carbocycles. The van der Waals surface area contributed by atoms with Crippen LogP contribution in [0.3, 0.4) is 0 Å². The van der Waals surface area contributed by atoms with Gasteiger partial charge in [-0.2, -0.15) is 0 Å². The molecule has 1 aliphatic heterocycles. The Kier molecular flexibility index (Phi) is 5.63. The van der Waals surface area contributed by atoms with Crippen molar-refractivity contribution in [2.75, 3.05) is 7.11 Å². The van der Waals surface area contributed by atoms with E-state index in [9.17, 15) is 9.59 Å². The minimum absolute atomic E-state index is 0.0105. The van der Waals surface area contributed by atoms with Crippen molar-refractivity contribution in [3.8, 4) is 5.75 Å². The van der Waals surface area contributed by atoms with Crippen LogP contribution >= 0.6 is 0 Å². The summed E-state index contributed by atoms with van der Waals surface area (Å²) in [5, 5.41) is 5.79. The fourth-order valence-electron chi connectivity index (χ4n) is 3.06. The summed E-state index contributed by atoms with van der Waals surface area (Å²) >= 11 is 0. The molecular weight excluding hydrogens is 346 g/mol. The van der Waals surface area contributed by atoms with Crippen LogP contribution in [0.15, 0.2) is 30.6 Å². The molecule has 3 N–H and O–H groups in total. The number of H-pyrrole nitrogens is 1. The van der Waals surface area contributed by atoms with Gasteiger partial charge in [0.1, 0.15) is 11.8 Å². The van der Waals surface area contributed by atoms with E-state index in [0.29, 0.717) is 19.5 Å². The van der Waals surface area contributed by atoms with Gasteiger partial charge in [0.25, 0.3) is 0 Å². The minimum Gasteiger partial charge on any atom is -0.497 e. The summed E-state index contributed by atoms with van der Waals surface area (Å²) in [6, 6.07) is 6.63. The third-order valence-electron chi connectivity index (χ3n) is 4.50. The highest BCUT2D eigenvalue weighted by molar-refractivity contribution is 5.87. The molecule has 1 aliphatic rings. The van der Waals surface area contributed by atoms with E-state index in [1.54, 1.807) is 18.3 Å². The van der Waals surface area contributed by atoms with Gasteiger partial charge in [-0.1, -0.05) is 12.1 Å². The predicted molar refractivity (Wildman–Crippen MR) is 100 cm³/mol. The van der Waals surface area contributed by atoms with Crippen molar-refractivity contribution in [3.05, 3.63) is 47.5 Å². The molecule has 8 nitrogen and oxygen atoms in total. The molecule has 27 heavy (non-hydrogen) atoms. The van der Waals surface area contributed by atoms with Gasteiger partial charge in [-0.05, 0) is 31.5 Å². The molecule has 1 aromatic heterocycles. The van der Waals surface area contributed by atoms with Crippen molar-refractivity contribution in [3.63, 3.8) is 0 Å². The number of imidazole rings is 1. The van der Waals surface area contributed by atoms with Gasteiger partial charge < -0.3 is 25.3 Å². The van der Waals surface area contributed by atoms with Crippen LogP contribution < -0.4 is 15.4 Å². The summed E-state index contributed by atoms with van der Waals surface area (Å²) < 4.78 is 5.14. The van der Waals surface area contributed by atoms with Crippen LogP contribution in [0.5, 0.6) is 5.75 Å². The van der Waals surface area contributed by atoms with Gasteiger partial charge in [-0.25, -0.2) is 9.78 Å². The summed E-state index contributed by atoms with van der Waals surface area (Å²) in [4.78, 5) is 34.3. The number of rotatable bonds is 5. The summed E-state index contributed by atoms with van der Waals surface area (Å²) in [5.41, 5.74) is 2.65. The molecule has 3 rings (SSSR count). The van der Waals surface area contributed by atoms with Gasteiger partial charge in [0.05, 0.1) is 31.4 Å². The first-order valence-corrected chi connectivity index (χ1v) is 8.97. The molecule has 1 atom stereocenters. The number of aromatic amines is 1. The number of benzene rings is 1. The van der Waals surface area contributed by atoms with Gasteiger partial charge in [0.15, 0.2) is 0 Å². The Balaban J connectivity index is 1.70. The highest BCUT2D eigenvalue weighted by Crippen LogP contribution is 2.21. The Morgan fingerprint density at radius 3 is 2.74 bits per heavy atom. The Hall–Kier alpha value is -3.03. The molecule has 144 valence electrons. The van der Waals surface area contributed by atoms with Crippen LogP contribution in [0.4, 0.5) is 4.79 Å². The van der Waals surface area contributed by atoms with E-state index in [4.69, 9.17) is 4.74 Å². The van der Waals surface area contributed by atoms with Crippen molar-refractivity contribution >= 4 is 11.9 Å². The third kappa shape index (κ3) is 4.39. The second-order valence-corrected chi connectivity index (χ2v) is 6.85. The molecule has 2 aromatic rings. The predicted octanol–water partition coefficient (Wildman–Crippen LogP) is 1.58. The molecule has 1 unspecified atom stereocenters. The maximum absolute atomic E-state index is 12.8. The van der Waals surface area contributed by atoms with E-state index in [-0.39, 0.29) is 18.0 Å². The number of methoxy groups -OCH3 is 1. The number of carbonyl (C=O) groups is 2. The van der Waals surface area contributed by atoms with Crippen LogP contribution in [-0.4, -0.2) is 46.0 Å². The van der Waals surface area contributed by atoms with E-state index in [1.165, 1.54) is 0 Å². The number of nitrogens with zero attached hydrogens (tertiary/aromatic N) is 2. The SMILES string of the molecule is COc1ccc(CNC(=O)C2Cc3nc[nH]c3CN2C(=O)NC(C)C)cc1. The lowest BCUT2D eigenvalue weighted by atomic mass is 10.0. The first-order chi connectivity index (χ1) is 13.0. The maximum Gasteiger partial charge on any atom is 0.318 e. The fourth-order valence-corrected chi connectivity index (χ4v) is 3.06. The number of hydrogen-bond acceptors (Lipinski definition) is 4. The highest BCUT2D eigenvalue weighted by Gasteiger charge is 2.36. The standard InChI is InChI=1S/C19H25N5O3/c1-12(2)23-19(26)24-10-16-15(21-11-22-16)8-17(24)18(25)20-9-13-4-6-14(27-3)7-5-13/h4-7,11-12,17H,8-10H2,1-3H3,(H,20,25)(H,21,22)(H,23,26). The molecule has 0 fully saturated rings. The third-order valence-corrected chi connectivity index (χ3v) is 4.50. The van der Waals surface area contributed by atoms with Crippen molar-refractivity contribution < 1.29 is 14.3 Å². The smallest absolute Gasteiger partial charge is 0.318 e. The van der Waals surface area contributed by atoms with E-state index < -0.39 is 6.04 Å². The average molecular weight is 371 g/mol. The van der Waals surface area contributed by atoms with Gasteiger partial charge in [0.2, 0.25) is 5.91 Å². The number of hydrogen-bond donors (Lipinski definition) is 3. The normalized spacial score (nSPS) is 16.0. The molecule has 0 spiro atoms. The fraction of sp³-hybridized carbons (Fsp3) is 0.421. The molecule has 2 heterocycles. The summed E-state index contributed by atoms with van der Waals surface area (Å²) in [6.45, 7) is 4.49. The monoisotopic (exact) mass is 371 g/mol. The van der Waals surface area contributed by atoms with Crippen LogP contribution in [0.2, 0.25) is 0 Å². The Morgan fingerprint density at radius 2 is 2.07 bits per heavy atom. The Morgan fingerprint density at radius 1 is 1.33 bits per heavy atom. The number of fused-ring (bicyclic) bond motifs is 1. The quantitative estimate of drug-likeness (QED) is 0.743. The number of aromatic nitrogens is 2. The zero-order valence-corrected chi connectivity index (χ0v) is 15.8. The van der Waals surface area contributed by atoms with Gasteiger partial charge in [-0.3, -0.25) is 4.79 Å². The topological polar surface area (TPSA) is 99.3 Å². The average Bonchev–Trinajstić information content (AvgIpc) is 3.12. The van der Waals surface area contributed by atoms with Crippen LogP contribution in [0, 0.1) is 0 Å². The van der Waals surface area contributed by atoms with E-state index >= 15 is 0 Å². The molecule has 0 bridgehead atoms. The minimum atomic E-state index is -0.599. The molecule has 0 saturated carbocycles. The molecule has 1 aromatic carbocycles. The second kappa shape index (κ2) is 8.11.